The quantitative estimate of drug-likeness (QED) is 0.302. The van der Waals surface area contributed by atoms with Crippen molar-refractivity contribution in [2.75, 3.05) is 13.1 Å². The number of rotatable bonds is 9. The zero-order valence-corrected chi connectivity index (χ0v) is 19.2. The van der Waals surface area contributed by atoms with Crippen LogP contribution in [0.3, 0.4) is 0 Å². The van der Waals surface area contributed by atoms with Crippen molar-refractivity contribution >= 4 is 21.9 Å². The number of para-hydroxylation sites is 2. The number of hydrogen-bond donors (Lipinski definition) is 2. The fourth-order valence-corrected chi connectivity index (χ4v) is 5.12. The summed E-state index contributed by atoms with van der Waals surface area (Å²) in [6.07, 6.45) is 7.71. The van der Waals surface area contributed by atoms with Gasteiger partial charge in [-0.3, -0.25) is 4.90 Å². The van der Waals surface area contributed by atoms with Crippen molar-refractivity contribution in [3.63, 3.8) is 0 Å². The Balaban J connectivity index is 1.26. The van der Waals surface area contributed by atoms with Crippen LogP contribution in [0.1, 0.15) is 48.8 Å². The third kappa shape index (κ3) is 4.92. The Kier molecular flexibility index (Phi) is 6.65. The molecule has 3 aromatic carbocycles. The van der Waals surface area contributed by atoms with Crippen molar-refractivity contribution in [1.82, 2.24) is 4.90 Å². The van der Waals surface area contributed by atoms with E-state index in [0.717, 1.165) is 79.1 Å². The number of hydrogen-bond acceptors (Lipinski definition) is 4. The molecule has 2 heterocycles. The third-order valence-electron chi connectivity index (χ3n) is 7.04. The van der Waals surface area contributed by atoms with Crippen molar-refractivity contribution in [2.24, 2.45) is 0 Å². The summed E-state index contributed by atoms with van der Waals surface area (Å²) in [5.74, 6) is 0.354. The molecule has 1 aromatic heterocycles. The monoisotopic (exact) mass is 443 g/mol. The largest absolute Gasteiger partial charge is 0.508 e. The molecule has 2 N–H and O–H groups in total. The van der Waals surface area contributed by atoms with Crippen molar-refractivity contribution < 1.29 is 14.6 Å². The Morgan fingerprint density at radius 2 is 1.61 bits per heavy atom. The molecule has 5 rings (SSSR count). The smallest absolute Gasteiger partial charge is 0.138 e. The van der Waals surface area contributed by atoms with Crippen LogP contribution < -0.4 is 0 Å². The summed E-state index contributed by atoms with van der Waals surface area (Å²) >= 11 is 0. The number of likely N-dealkylation sites (tertiary alicyclic amines) is 1. The normalized spacial score (nSPS) is 15.5. The number of fused-ring (bicyclic) bond motifs is 3. The van der Waals surface area contributed by atoms with E-state index >= 15 is 0 Å². The third-order valence-corrected chi connectivity index (χ3v) is 7.04. The minimum Gasteiger partial charge on any atom is -0.508 e. The highest BCUT2D eigenvalue weighted by Gasteiger charge is 2.19. The SMILES string of the molecule is Oc1ccccc1CCc1cccc2c1oc1cc(CCCCC(O)N3CCCC3)ccc12. The molecule has 4 heteroatoms. The molecule has 4 aromatic rings. The molecule has 1 saturated heterocycles. The van der Waals surface area contributed by atoms with Crippen LogP contribution in [0.15, 0.2) is 65.1 Å². The lowest BCUT2D eigenvalue weighted by atomic mass is 10.0. The topological polar surface area (TPSA) is 56.8 Å². The van der Waals surface area contributed by atoms with Gasteiger partial charge >= 0.3 is 0 Å². The first-order chi connectivity index (χ1) is 16.2. The van der Waals surface area contributed by atoms with Gasteiger partial charge in [0.1, 0.15) is 23.1 Å². The maximum Gasteiger partial charge on any atom is 0.138 e. The van der Waals surface area contributed by atoms with Gasteiger partial charge in [0, 0.05) is 23.9 Å². The molecule has 4 nitrogen and oxygen atoms in total. The fraction of sp³-hybridized carbons (Fsp3) is 0.379. The average molecular weight is 444 g/mol. The van der Waals surface area contributed by atoms with Gasteiger partial charge in [-0.25, -0.2) is 0 Å². The van der Waals surface area contributed by atoms with Crippen molar-refractivity contribution in [1.29, 1.82) is 0 Å². The van der Waals surface area contributed by atoms with Gasteiger partial charge in [-0.1, -0.05) is 48.5 Å². The van der Waals surface area contributed by atoms with Crippen LogP contribution in [-0.4, -0.2) is 34.4 Å². The van der Waals surface area contributed by atoms with Crippen LogP contribution in [0.25, 0.3) is 21.9 Å². The number of phenolic OH excluding ortho intramolecular Hbond substituents is 1. The molecule has 1 aliphatic rings. The average Bonchev–Trinajstić information content (AvgIpc) is 3.49. The summed E-state index contributed by atoms with van der Waals surface area (Å²) in [6, 6.07) is 20.5. The lowest BCUT2D eigenvalue weighted by Gasteiger charge is -2.22. The van der Waals surface area contributed by atoms with Crippen molar-refractivity contribution in [2.45, 2.75) is 57.6 Å². The predicted molar refractivity (Wildman–Crippen MR) is 134 cm³/mol. The van der Waals surface area contributed by atoms with Gasteiger partial charge in [-0.2, -0.15) is 0 Å². The summed E-state index contributed by atoms with van der Waals surface area (Å²) in [5, 5.41) is 22.7. The molecule has 0 spiro atoms. The van der Waals surface area contributed by atoms with E-state index in [1.54, 1.807) is 6.07 Å². The second kappa shape index (κ2) is 9.98. The molecule has 1 aliphatic heterocycles. The molecule has 1 unspecified atom stereocenters. The first-order valence-electron chi connectivity index (χ1n) is 12.3. The summed E-state index contributed by atoms with van der Waals surface area (Å²) < 4.78 is 6.35. The number of phenols is 1. The van der Waals surface area contributed by atoms with Gasteiger partial charge in [0.25, 0.3) is 0 Å². The lowest BCUT2D eigenvalue weighted by Crippen LogP contribution is -2.32. The number of aromatic hydroxyl groups is 1. The van der Waals surface area contributed by atoms with Crippen LogP contribution in [0.5, 0.6) is 5.75 Å². The fourth-order valence-electron chi connectivity index (χ4n) is 5.12. The van der Waals surface area contributed by atoms with Gasteiger partial charge in [0.05, 0.1) is 0 Å². The van der Waals surface area contributed by atoms with E-state index in [4.69, 9.17) is 4.42 Å². The first kappa shape index (κ1) is 22.0. The van der Waals surface area contributed by atoms with Crippen molar-refractivity contribution in [3.8, 4) is 5.75 Å². The van der Waals surface area contributed by atoms with Crippen LogP contribution >= 0.6 is 0 Å². The van der Waals surface area contributed by atoms with Gasteiger partial charge in [0.2, 0.25) is 0 Å². The molecule has 0 radical (unpaired) electrons. The number of furan rings is 1. The van der Waals surface area contributed by atoms with E-state index in [1.807, 2.05) is 18.2 Å². The molecular formula is C29H33NO3. The van der Waals surface area contributed by atoms with E-state index in [1.165, 1.54) is 24.0 Å². The number of nitrogens with zero attached hydrogens (tertiary/aromatic N) is 1. The van der Waals surface area contributed by atoms with Crippen LogP contribution in [0.4, 0.5) is 0 Å². The van der Waals surface area contributed by atoms with Gasteiger partial charge in [-0.15, -0.1) is 0 Å². The summed E-state index contributed by atoms with van der Waals surface area (Å²) in [7, 11) is 0. The molecule has 0 saturated carbocycles. The Morgan fingerprint density at radius 1 is 0.818 bits per heavy atom. The Bertz CT molecular complexity index is 1220. The van der Waals surface area contributed by atoms with Crippen LogP contribution in [0, 0.1) is 0 Å². The lowest BCUT2D eigenvalue weighted by molar-refractivity contribution is 0.0123. The number of unbranched alkanes of at least 4 members (excludes halogenated alkanes) is 1. The number of aliphatic hydroxyl groups is 1. The Hall–Kier alpha value is -2.82. The molecule has 0 amide bonds. The Labute approximate surface area is 195 Å². The van der Waals surface area contributed by atoms with Crippen LogP contribution in [0.2, 0.25) is 0 Å². The molecule has 0 aliphatic carbocycles. The second-order valence-electron chi connectivity index (χ2n) is 9.32. The van der Waals surface area contributed by atoms with Crippen molar-refractivity contribution in [3.05, 3.63) is 77.4 Å². The number of aryl methyl sites for hydroxylation is 3. The van der Waals surface area contributed by atoms with E-state index in [0.29, 0.717) is 5.75 Å². The maximum atomic E-state index is 10.3. The zero-order valence-electron chi connectivity index (χ0n) is 19.2. The number of benzene rings is 3. The summed E-state index contributed by atoms with van der Waals surface area (Å²) in [6.45, 7) is 2.08. The molecule has 0 bridgehead atoms. The predicted octanol–water partition coefficient (Wildman–Crippen LogP) is 6.20. The van der Waals surface area contributed by atoms with Gasteiger partial charge < -0.3 is 14.6 Å². The summed E-state index contributed by atoms with van der Waals surface area (Å²) in [4.78, 5) is 2.21. The highest BCUT2D eigenvalue weighted by molar-refractivity contribution is 6.06. The standard InChI is InChI=1S/C29H33NO3/c31-26-12-3-2-9-22(26)15-16-23-10-7-11-25-24-17-14-21(20-27(24)33-29(23)25)8-1-4-13-28(32)30-18-5-6-19-30/h2-3,7,9-12,14,17,20,28,31-32H,1,4-6,8,13,15-16,18-19H2. The molecule has 1 atom stereocenters. The van der Waals surface area contributed by atoms with E-state index in [-0.39, 0.29) is 6.23 Å². The Morgan fingerprint density at radius 3 is 2.45 bits per heavy atom. The van der Waals surface area contributed by atoms with E-state index in [2.05, 4.69) is 41.3 Å². The van der Waals surface area contributed by atoms with E-state index in [9.17, 15) is 10.2 Å². The zero-order chi connectivity index (χ0) is 22.6. The number of aliphatic hydroxyl groups excluding tert-OH is 1. The van der Waals surface area contributed by atoms with Crippen LogP contribution in [-0.2, 0) is 19.3 Å². The van der Waals surface area contributed by atoms with Gasteiger partial charge in [0.15, 0.2) is 0 Å². The van der Waals surface area contributed by atoms with Gasteiger partial charge in [-0.05, 0) is 80.2 Å². The molecule has 1 fully saturated rings. The minimum atomic E-state index is -0.276. The molecular weight excluding hydrogens is 410 g/mol. The highest BCUT2D eigenvalue weighted by Crippen LogP contribution is 2.33. The molecule has 33 heavy (non-hydrogen) atoms. The minimum absolute atomic E-state index is 0.276. The summed E-state index contributed by atoms with van der Waals surface area (Å²) in [5.41, 5.74) is 5.31. The van der Waals surface area contributed by atoms with E-state index < -0.39 is 0 Å². The maximum absolute atomic E-state index is 10.3. The second-order valence-corrected chi connectivity index (χ2v) is 9.32. The molecule has 172 valence electrons. The first-order valence-corrected chi connectivity index (χ1v) is 12.3. The highest BCUT2D eigenvalue weighted by atomic mass is 16.3.